The summed E-state index contributed by atoms with van der Waals surface area (Å²) in [6.45, 7) is 3.93. The van der Waals surface area contributed by atoms with E-state index in [0.717, 1.165) is 12.8 Å². The molecule has 0 aliphatic rings. The highest BCUT2D eigenvalue weighted by Gasteiger charge is 2.13. The first-order valence-electron chi connectivity index (χ1n) is 6.23. The molecule has 0 saturated heterocycles. The lowest BCUT2D eigenvalue weighted by Crippen LogP contribution is -2.44. The maximum absolute atomic E-state index is 11.6. The number of hydrogen-bond donors (Lipinski definition) is 2. The second kappa shape index (κ2) is 7.07. The van der Waals surface area contributed by atoms with Gasteiger partial charge in [0.05, 0.1) is 6.04 Å². The van der Waals surface area contributed by atoms with E-state index in [0.29, 0.717) is 6.42 Å². The lowest BCUT2D eigenvalue weighted by Gasteiger charge is -2.16. The van der Waals surface area contributed by atoms with Gasteiger partial charge in [-0.25, -0.2) is 0 Å². The van der Waals surface area contributed by atoms with Gasteiger partial charge in [0.25, 0.3) is 0 Å². The molecule has 3 heteroatoms. The Bertz CT molecular complexity index is 337. The molecule has 1 aromatic rings. The smallest absolute Gasteiger partial charge is 0.237 e. The van der Waals surface area contributed by atoms with Crippen LogP contribution in [0.2, 0.25) is 0 Å². The molecule has 0 bridgehead atoms. The normalized spacial score (nSPS) is 14.1. The third-order valence-electron chi connectivity index (χ3n) is 2.87. The van der Waals surface area contributed by atoms with Crippen molar-refractivity contribution in [1.82, 2.24) is 5.32 Å². The van der Waals surface area contributed by atoms with Gasteiger partial charge in [-0.05, 0) is 31.7 Å². The van der Waals surface area contributed by atoms with Gasteiger partial charge in [0.2, 0.25) is 5.91 Å². The molecule has 94 valence electrons. The van der Waals surface area contributed by atoms with Crippen molar-refractivity contribution in [3.63, 3.8) is 0 Å². The number of carbonyl (C=O) groups excluding carboxylic acids is 1. The fraction of sp³-hybridized carbons (Fsp3) is 0.500. The molecule has 0 heterocycles. The minimum atomic E-state index is -0.380. The van der Waals surface area contributed by atoms with Crippen molar-refractivity contribution in [2.45, 2.75) is 45.2 Å². The molecule has 0 spiro atoms. The van der Waals surface area contributed by atoms with E-state index in [4.69, 9.17) is 5.73 Å². The second-order valence-corrected chi connectivity index (χ2v) is 4.45. The molecule has 3 nitrogen and oxygen atoms in total. The van der Waals surface area contributed by atoms with Gasteiger partial charge in [0.15, 0.2) is 0 Å². The van der Waals surface area contributed by atoms with Gasteiger partial charge < -0.3 is 11.1 Å². The molecule has 1 unspecified atom stereocenters. The Morgan fingerprint density at radius 1 is 1.35 bits per heavy atom. The van der Waals surface area contributed by atoms with E-state index in [1.807, 2.05) is 32.0 Å². The highest BCUT2D eigenvalue weighted by atomic mass is 16.2. The molecule has 0 aliphatic heterocycles. The lowest BCUT2D eigenvalue weighted by atomic mass is 10.1. The number of amides is 1. The van der Waals surface area contributed by atoms with Gasteiger partial charge >= 0.3 is 0 Å². The highest BCUT2D eigenvalue weighted by molar-refractivity contribution is 5.81. The molecule has 1 aromatic carbocycles. The molecule has 17 heavy (non-hydrogen) atoms. The van der Waals surface area contributed by atoms with E-state index in [1.165, 1.54) is 5.56 Å². The predicted octanol–water partition coefficient (Wildman–Crippen LogP) is 1.86. The van der Waals surface area contributed by atoms with Crippen LogP contribution in [0.3, 0.4) is 0 Å². The number of rotatable bonds is 6. The van der Waals surface area contributed by atoms with Crippen molar-refractivity contribution in [1.29, 1.82) is 0 Å². The third-order valence-corrected chi connectivity index (χ3v) is 2.87. The fourth-order valence-electron chi connectivity index (χ4n) is 1.64. The highest BCUT2D eigenvalue weighted by Crippen LogP contribution is 2.04. The van der Waals surface area contributed by atoms with Crippen LogP contribution in [-0.2, 0) is 11.2 Å². The van der Waals surface area contributed by atoms with E-state index in [-0.39, 0.29) is 18.0 Å². The first kappa shape index (κ1) is 13.7. The summed E-state index contributed by atoms with van der Waals surface area (Å²) in [5, 5.41) is 2.94. The van der Waals surface area contributed by atoms with Gasteiger partial charge in [0.1, 0.15) is 0 Å². The largest absolute Gasteiger partial charge is 0.352 e. The van der Waals surface area contributed by atoms with Crippen molar-refractivity contribution in [2.75, 3.05) is 0 Å². The van der Waals surface area contributed by atoms with Crippen molar-refractivity contribution in [2.24, 2.45) is 5.73 Å². The molecule has 0 fully saturated rings. The van der Waals surface area contributed by atoms with Gasteiger partial charge in [-0.2, -0.15) is 0 Å². The Kier molecular flexibility index (Phi) is 5.70. The summed E-state index contributed by atoms with van der Waals surface area (Å²) in [6.07, 6.45) is 2.59. The van der Waals surface area contributed by atoms with Crippen LogP contribution in [0.5, 0.6) is 0 Å². The summed E-state index contributed by atoms with van der Waals surface area (Å²) in [5.41, 5.74) is 6.96. The molecule has 0 aliphatic carbocycles. The van der Waals surface area contributed by atoms with Crippen LogP contribution in [0.1, 0.15) is 32.3 Å². The van der Waals surface area contributed by atoms with E-state index in [1.54, 1.807) is 0 Å². The minimum absolute atomic E-state index is 0.0481. The summed E-state index contributed by atoms with van der Waals surface area (Å²) < 4.78 is 0. The van der Waals surface area contributed by atoms with Gasteiger partial charge in [0, 0.05) is 6.04 Å². The molecule has 0 radical (unpaired) electrons. The average Bonchev–Trinajstić information content (AvgIpc) is 2.36. The Labute approximate surface area is 103 Å². The first-order valence-corrected chi connectivity index (χ1v) is 6.23. The zero-order valence-corrected chi connectivity index (χ0v) is 10.6. The minimum Gasteiger partial charge on any atom is -0.352 e. The number of aryl methyl sites for hydroxylation is 1. The van der Waals surface area contributed by atoms with Crippen LogP contribution in [0.15, 0.2) is 30.3 Å². The van der Waals surface area contributed by atoms with Crippen molar-refractivity contribution in [3.05, 3.63) is 35.9 Å². The number of nitrogens with one attached hydrogen (secondary N) is 1. The van der Waals surface area contributed by atoms with Crippen LogP contribution in [-0.4, -0.2) is 18.0 Å². The quantitative estimate of drug-likeness (QED) is 0.789. The maximum atomic E-state index is 11.6. The van der Waals surface area contributed by atoms with Crippen LogP contribution >= 0.6 is 0 Å². The Balaban J connectivity index is 2.30. The first-order chi connectivity index (χ1) is 8.13. The molecular weight excluding hydrogens is 212 g/mol. The van der Waals surface area contributed by atoms with E-state index in [2.05, 4.69) is 17.4 Å². The van der Waals surface area contributed by atoms with E-state index in [9.17, 15) is 4.79 Å². The molecular formula is C14H22N2O. The average molecular weight is 234 g/mol. The maximum Gasteiger partial charge on any atom is 0.237 e. The summed E-state index contributed by atoms with van der Waals surface area (Å²) >= 11 is 0. The van der Waals surface area contributed by atoms with E-state index < -0.39 is 0 Å². The Morgan fingerprint density at radius 2 is 2.00 bits per heavy atom. The Morgan fingerprint density at radius 3 is 2.59 bits per heavy atom. The van der Waals surface area contributed by atoms with Crippen molar-refractivity contribution in [3.8, 4) is 0 Å². The van der Waals surface area contributed by atoms with Crippen LogP contribution < -0.4 is 11.1 Å². The second-order valence-electron chi connectivity index (χ2n) is 4.45. The van der Waals surface area contributed by atoms with Gasteiger partial charge in [-0.15, -0.1) is 0 Å². The number of benzene rings is 1. The zero-order chi connectivity index (χ0) is 12.7. The topological polar surface area (TPSA) is 55.1 Å². The summed E-state index contributed by atoms with van der Waals surface area (Å²) in [5.74, 6) is -0.0481. The molecule has 2 atom stereocenters. The van der Waals surface area contributed by atoms with Crippen molar-refractivity contribution >= 4 is 5.91 Å². The van der Waals surface area contributed by atoms with Crippen molar-refractivity contribution < 1.29 is 4.79 Å². The number of carbonyl (C=O) groups is 1. The molecule has 0 aromatic heterocycles. The molecule has 1 amide bonds. The predicted molar refractivity (Wildman–Crippen MR) is 70.6 cm³/mol. The standard InChI is InChI=1S/C14H22N2O/c1-3-13(15)14(17)16-11(2)9-10-12-7-5-4-6-8-12/h4-8,11,13H,3,9-10,15H2,1-2H3,(H,16,17)/t11?,13-/m1/s1. The summed E-state index contributed by atoms with van der Waals surface area (Å²) in [4.78, 5) is 11.6. The molecule has 3 N–H and O–H groups in total. The summed E-state index contributed by atoms with van der Waals surface area (Å²) in [7, 11) is 0. The SMILES string of the molecule is CC[C@@H](N)C(=O)NC(C)CCc1ccccc1. The van der Waals surface area contributed by atoms with Crippen LogP contribution in [0.4, 0.5) is 0 Å². The molecule has 1 rings (SSSR count). The van der Waals surface area contributed by atoms with Gasteiger partial charge in [-0.3, -0.25) is 4.79 Å². The van der Waals surface area contributed by atoms with Crippen LogP contribution in [0, 0.1) is 0 Å². The Hall–Kier alpha value is -1.35. The number of hydrogen-bond acceptors (Lipinski definition) is 2. The molecule has 0 saturated carbocycles. The fourth-order valence-corrected chi connectivity index (χ4v) is 1.64. The lowest BCUT2D eigenvalue weighted by molar-refractivity contribution is -0.123. The van der Waals surface area contributed by atoms with Gasteiger partial charge in [-0.1, -0.05) is 37.3 Å². The van der Waals surface area contributed by atoms with E-state index >= 15 is 0 Å². The number of nitrogens with two attached hydrogens (primary N) is 1. The summed E-state index contributed by atoms with van der Waals surface area (Å²) in [6, 6.07) is 10.1. The zero-order valence-electron chi connectivity index (χ0n) is 10.6. The third kappa shape index (κ3) is 5.00. The monoisotopic (exact) mass is 234 g/mol. The van der Waals surface area contributed by atoms with Crippen LogP contribution in [0.25, 0.3) is 0 Å².